The molecule has 2 nitrogen and oxygen atoms in total. The standard InChI is InChI=1S/C10H19NO/c12-10-5-3-9(4-6-10)11-7-1-2-8-11/h9-10,12H,1-8H2/t9-,10-. The molecular formula is C10H19NO. The molecule has 1 saturated heterocycles. The molecular weight excluding hydrogens is 150 g/mol. The number of hydrogen-bond acceptors (Lipinski definition) is 2. The maximum Gasteiger partial charge on any atom is 0.0541 e. The summed E-state index contributed by atoms with van der Waals surface area (Å²) in [5.74, 6) is 0. The molecule has 0 aromatic heterocycles. The van der Waals surface area contributed by atoms with Crippen LogP contribution >= 0.6 is 0 Å². The Morgan fingerprint density at radius 2 is 1.50 bits per heavy atom. The monoisotopic (exact) mass is 169 g/mol. The van der Waals surface area contributed by atoms with Gasteiger partial charge in [0, 0.05) is 6.04 Å². The molecule has 1 aliphatic heterocycles. The van der Waals surface area contributed by atoms with Crippen LogP contribution in [0.1, 0.15) is 38.5 Å². The van der Waals surface area contributed by atoms with Crippen LogP contribution in [0.5, 0.6) is 0 Å². The van der Waals surface area contributed by atoms with E-state index in [4.69, 9.17) is 0 Å². The van der Waals surface area contributed by atoms with Crippen LogP contribution in [0, 0.1) is 0 Å². The number of nitrogens with zero attached hydrogens (tertiary/aromatic N) is 1. The lowest BCUT2D eigenvalue weighted by molar-refractivity contribution is 0.0836. The van der Waals surface area contributed by atoms with Crippen LogP contribution < -0.4 is 0 Å². The van der Waals surface area contributed by atoms with Crippen molar-refractivity contribution in [2.24, 2.45) is 0 Å². The highest BCUT2D eigenvalue weighted by atomic mass is 16.3. The summed E-state index contributed by atoms with van der Waals surface area (Å²) in [5, 5.41) is 9.35. The lowest BCUT2D eigenvalue weighted by atomic mass is 9.92. The number of hydrogen-bond donors (Lipinski definition) is 1. The summed E-state index contributed by atoms with van der Waals surface area (Å²) in [6, 6.07) is 0.802. The zero-order chi connectivity index (χ0) is 8.39. The molecule has 2 heteroatoms. The van der Waals surface area contributed by atoms with Crippen LogP contribution in [0.25, 0.3) is 0 Å². The first-order valence-corrected chi connectivity index (χ1v) is 5.28. The predicted molar refractivity (Wildman–Crippen MR) is 49.1 cm³/mol. The molecule has 12 heavy (non-hydrogen) atoms. The lowest BCUT2D eigenvalue weighted by Crippen LogP contribution is -2.36. The van der Waals surface area contributed by atoms with E-state index in [1.54, 1.807) is 0 Å². The van der Waals surface area contributed by atoms with Gasteiger partial charge in [0.2, 0.25) is 0 Å². The third-order valence-corrected chi connectivity index (χ3v) is 3.32. The number of likely N-dealkylation sites (tertiary alicyclic amines) is 1. The second-order valence-corrected chi connectivity index (χ2v) is 4.21. The zero-order valence-corrected chi connectivity index (χ0v) is 7.71. The minimum absolute atomic E-state index is 0.00357. The van der Waals surface area contributed by atoms with Crippen molar-refractivity contribution in [3.05, 3.63) is 0 Å². The minimum Gasteiger partial charge on any atom is -0.393 e. The third kappa shape index (κ3) is 1.80. The summed E-state index contributed by atoms with van der Waals surface area (Å²) < 4.78 is 0. The first kappa shape index (κ1) is 8.52. The fraction of sp³-hybridized carbons (Fsp3) is 1.00. The molecule has 1 aliphatic carbocycles. The molecule has 0 bridgehead atoms. The molecule has 1 N–H and O–H groups in total. The van der Waals surface area contributed by atoms with Gasteiger partial charge in [0.05, 0.1) is 6.10 Å². The Balaban J connectivity index is 1.80. The summed E-state index contributed by atoms with van der Waals surface area (Å²) in [7, 11) is 0. The van der Waals surface area contributed by atoms with Gasteiger partial charge in [-0.05, 0) is 51.6 Å². The maximum atomic E-state index is 9.35. The van der Waals surface area contributed by atoms with E-state index in [9.17, 15) is 5.11 Å². The summed E-state index contributed by atoms with van der Waals surface area (Å²) in [6.45, 7) is 2.61. The van der Waals surface area contributed by atoms with E-state index in [1.807, 2.05) is 0 Å². The normalized spacial score (nSPS) is 38.8. The first-order valence-electron chi connectivity index (χ1n) is 5.28. The lowest BCUT2D eigenvalue weighted by Gasteiger charge is -2.32. The van der Waals surface area contributed by atoms with Gasteiger partial charge >= 0.3 is 0 Å². The highest BCUT2D eigenvalue weighted by molar-refractivity contribution is 4.81. The summed E-state index contributed by atoms with van der Waals surface area (Å²) in [5.41, 5.74) is 0. The van der Waals surface area contributed by atoms with Gasteiger partial charge in [-0.2, -0.15) is 0 Å². The SMILES string of the molecule is O[C@H]1CC[C@H](N2CCCC2)CC1. The molecule has 1 heterocycles. The van der Waals surface area contributed by atoms with E-state index in [0.717, 1.165) is 18.9 Å². The summed E-state index contributed by atoms with van der Waals surface area (Å²) in [6.07, 6.45) is 7.28. The van der Waals surface area contributed by atoms with Gasteiger partial charge in [-0.15, -0.1) is 0 Å². The molecule has 0 spiro atoms. The van der Waals surface area contributed by atoms with Crippen molar-refractivity contribution in [2.45, 2.75) is 50.7 Å². The molecule has 2 fully saturated rings. The number of aliphatic hydroxyl groups excluding tert-OH is 1. The van der Waals surface area contributed by atoms with E-state index >= 15 is 0 Å². The van der Waals surface area contributed by atoms with Crippen molar-refractivity contribution in [2.75, 3.05) is 13.1 Å². The summed E-state index contributed by atoms with van der Waals surface area (Å²) in [4.78, 5) is 2.62. The maximum absolute atomic E-state index is 9.35. The molecule has 1 saturated carbocycles. The van der Waals surface area contributed by atoms with Gasteiger partial charge in [0.25, 0.3) is 0 Å². The van der Waals surface area contributed by atoms with Crippen molar-refractivity contribution in [1.29, 1.82) is 0 Å². The third-order valence-electron chi connectivity index (χ3n) is 3.32. The Hall–Kier alpha value is -0.0800. The Morgan fingerprint density at radius 1 is 0.917 bits per heavy atom. The van der Waals surface area contributed by atoms with Crippen LogP contribution in [0.3, 0.4) is 0 Å². The Bertz CT molecular complexity index is 135. The van der Waals surface area contributed by atoms with Crippen LogP contribution in [-0.2, 0) is 0 Å². The molecule has 2 aliphatic rings. The number of rotatable bonds is 1. The van der Waals surface area contributed by atoms with Crippen LogP contribution in [-0.4, -0.2) is 35.2 Å². The smallest absolute Gasteiger partial charge is 0.0541 e. The topological polar surface area (TPSA) is 23.5 Å². The second kappa shape index (κ2) is 3.75. The van der Waals surface area contributed by atoms with Gasteiger partial charge < -0.3 is 10.0 Å². The molecule has 0 aromatic carbocycles. The van der Waals surface area contributed by atoms with Gasteiger partial charge in [-0.25, -0.2) is 0 Å². The molecule has 0 radical (unpaired) electrons. The quantitative estimate of drug-likeness (QED) is 0.641. The Labute approximate surface area is 74.6 Å². The average molecular weight is 169 g/mol. The van der Waals surface area contributed by atoms with Gasteiger partial charge in [0.1, 0.15) is 0 Å². The van der Waals surface area contributed by atoms with E-state index in [0.29, 0.717) is 0 Å². The largest absolute Gasteiger partial charge is 0.393 e. The average Bonchev–Trinajstić information content (AvgIpc) is 2.58. The fourth-order valence-electron chi connectivity index (χ4n) is 2.53. The van der Waals surface area contributed by atoms with Crippen LogP contribution in [0.2, 0.25) is 0 Å². The predicted octanol–water partition coefficient (Wildman–Crippen LogP) is 1.39. The van der Waals surface area contributed by atoms with E-state index in [-0.39, 0.29) is 6.10 Å². The fourth-order valence-corrected chi connectivity index (χ4v) is 2.53. The molecule has 2 rings (SSSR count). The molecule has 0 unspecified atom stereocenters. The highest BCUT2D eigenvalue weighted by Crippen LogP contribution is 2.25. The van der Waals surface area contributed by atoms with Crippen molar-refractivity contribution < 1.29 is 5.11 Å². The minimum atomic E-state index is 0.00357. The second-order valence-electron chi connectivity index (χ2n) is 4.21. The van der Waals surface area contributed by atoms with Crippen LogP contribution in [0.4, 0.5) is 0 Å². The molecule has 0 amide bonds. The molecule has 0 aromatic rings. The van der Waals surface area contributed by atoms with E-state index in [1.165, 1.54) is 38.8 Å². The number of aliphatic hydroxyl groups is 1. The van der Waals surface area contributed by atoms with Gasteiger partial charge in [0.15, 0.2) is 0 Å². The van der Waals surface area contributed by atoms with Crippen LogP contribution in [0.15, 0.2) is 0 Å². The van der Waals surface area contributed by atoms with Gasteiger partial charge in [-0.3, -0.25) is 0 Å². The van der Waals surface area contributed by atoms with Gasteiger partial charge in [-0.1, -0.05) is 0 Å². The van der Waals surface area contributed by atoms with Crippen molar-refractivity contribution in [3.8, 4) is 0 Å². The summed E-state index contributed by atoms with van der Waals surface area (Å²) >= 11 is 0. The zero-order valence-electron chi connectivity index (χ0n) is 7.71. The van der Waals surface area contributed by atoms with Crippen molar-refractivity contribution in [3.63, 3.8) is 0 Å². The van der Waals surface area contributed by atoms with E-state index in [2.05, 4.69) is 4.90 Å². The van der Waals surface area contributed by atoms with Crippen molar-refractivity contribution >= 4 is 0 Å². The molecule has 0 atom stereocenters. The first-order chi connectivity index (χ1) is 5.86. The Kier molecular flexibility index (Phi) is 2.66. The van der Waals surface area contributed by atoms with E-state index < -0.39 is 0 Å². The molecule has 70 valence electrons. The Morgan fingerprint density at radius 3 is 2.08 bits per heavy atom. The highest BCUT2D eigenvalue weighted by Gasteiger charge is 2.26. The van der Waals surface area contributed by atoms with Crippen molar-refractivity contribution in [1.82, 2.24) is 4.90 Å².